The zero-order valence-corrected chi connectivity index (χ0v) is 15.0. The molecule has 0 aromatic heterocycles. The predicted octanol–water partition coefficient (Wildman–Crippen LogP) is 3.32. The fourth-order valence-corrected chi connectivity index (χ4v) is 5.05. The zero-order valence-electron chi connectivity index (χ0n) is 14.2. The summed E-state index contributed by atoms with van der Waals surface area (Å²) in [5.41, 5.74) is 0.990. The summed E-state index contributed by atoms with van der Waals surface area (Å²) in [5.74, 6) is 0.855. The molecule has 3 rings (SSSR count). The molecule has 24 heavy (non-hydrogen) atoms. The van der Waals surface area contributed by atoms with Gasteiger partial charge in [0.1, 0.15) is 11.5 Å². The van der Waals surface area contributed by atoms with E-state index in [1.54, 1.807) is 0 Å². The fraction of sp³-hybridized carbons (Fsp3) is 0.632. The van der Waals surface area contributed by atoms with Crippen molar-refractivity contribution in [1.29, 1.82) is 0 Å². The van der Waals surface area contributed by atoms with E-state index in [1.165, 1.54) is 12.8 Å². The molecule has 0 radical (unpaired) electrons. The Morgan fingerprint density at radius 2 is 1.75 bits per heavy atom. The van der Waals surface area contributed by atoms with Gasteiger partial charge in [0.25, 0.3) is 0 Å². The molecular formula is C19H27NO3S. The average molecular weight is 349 g/mol. The van der Waals surface area contributed by atoms with Crippen molar-refractivity contribution in [3.63, 3.8) is 0 Å². The van der Waals surface area contributed by atoms with E-state index in [0.717, 1.165) is 49.8 Å². The van der Waals surface area contributed by atoms with Crippen LogP contribution in [-0.4, -0.2) is 27.2 Å². The van der Waals surface area contributed by atoms with E-state index in [0.29, 0.717) is 12.6 Å². The van der Waals surface area contributed by atoms with Crippen LogP contribution in [0.5, 0.6) is 5.75 Å². The van der Waals surface area contributed by atoms with Crippen LogP contribution in [0, 0.1) is 0 Å². The topological polar surface area (TPSA) is 55.4 Å². The largest absolute Gasteiger partial charge is 0.490 e. The Morgan fingerprint density at radius 3 is 2.50 bits per heavy atom. The molecule has 5 heteroatoms. The van der Waals surface area contributed by atoms with Crippen LogP contribution in [-0.2, 0) is 22.1 Å². The Labute approximate surface area is 146 Å². The number of ether oxygens (including phenoxy) is 1. The number of para-hydroxylation sites is 1. The van der Waals surface area contributed by atoms with Gasteiger partial charge in [-0.05, 0) is 44.6 Å². The number of nitrogens with one attached hydrogen (secondary N) is 1. The van der Waals surface area contributed by atoms with Crippen molar-refractivity contribution in [1.82, 2.24) is 5.32 Å². The minimum atomic E-state index is -1.04. The van der Waals surface area contributed by atoms with E-state index < -0.39 is 10.8 Å². The molecule has 2 aliphatic carbocycles. The monoisotopic (exact) mass is 349 g/mol. The van der Waals surface area contributed by atoms with Crippen molar-refractivity contribution in [3.8, 4) is 5.75 Å². The van der Waals surface area contributed by atoms with Crippen molar-refractivity contribution in [2.75, 3.05) is 5.75 Å². The third-order valence-corrected chi connectivity index (χ3v) is 6.75. The molecule has 2 fully saturated rings. The fourth-order valence-electron chi connectivity index (χ4n) is 3.59. The Hall–Kier alpha value is -1.36. The molecule has 1 aromatic rings. The van der Waals surface area contributed by atoms with Crippen LogP contribution in [0.3, 0.4) is 0 Å². The number of benzene rings is 1. The predicted molar refractivity (Wildman–Crippen MR) is 96.4 cm³/mol. The number of rotatable bonds is 7. The molecule has 2 saturated carbocycles. The lowest BCUT2D eigenvalue weighted by Crippen LogP contribution is -2.30. The molecule has 0 bridgehead atoms. The van der Waals surface area contributed by atoms with Crippen LogP contribution in [0.2, 0.25) is 0 Å². The summed E-state index contributed by atoms with van der Waals surface area (Å²) in [6.45, 7) is 0.434. The van der Waals surface area contributed by atoms with E-state index in [4.69, 9.17) is 4.74 Å². The molecule has 2 aliphatic rings. The summed E-state index contributed by atoms with van der Waals surface area (Å²) in [7, 11) is -1.04. The van der Waals surface area contributed by atoms with Gasteiger partial charge in [-0.2, -0.15) is 0 Å². The van der Waals surface area contributed by atoms with Crippen LogP contribution in [0.25, 0.3) is 0 Å². The molecule has 132 valence electrons. The van der Waals surface area contributed by atoms with E-state index in [1.807, 2.05) is 24.3 Å². The summed E-state index contributed by atoms with van der Waals surface area (Å²) < 4.78 is 18.3. The minimum Gasteiger partial charge on any atom is -0.490 e. The highest BCUT2D eigenvalue weighted by atomic mass is 32.2. The standard InChI is InChI=1S/C19H27NO3S/c21-19(14-24(22)17-10-4-5-11-17)20-13-15-7-1-6-12-18(15)23-16-8-2-3-9-16/h1,6-7,12,16-17H,2-5,8-11,13-14H2,(H,20,21)/t24-/m1/s1. The SMILES string of the molecule is O=C(C[S@@](=O)C1CCCC1)NCc1ccccc1OC1CCCC1. The molecule has 1 N–H and O–H groups in total. The molecule has 0 saturated heterocycles. The van der Waals surface area contributed by atoms with Gasteiger partial charge in [-0.15, -0.1) is 0 Å². The summed E-state index contributed by atoms with van der Waals surface area (Å²) >= 11 is 0. The van der Waals surface area contributed by atoms with Crippen LogP contribution in [0.4, 0.5) is 0 Å². The number of hydrogen-bond acceptors (Lipinski definition) is 3. The highest BCUT2D eigenvalue weighted by molar-refractivity contribution is 7.86. The molecule has 1 aromatic carbocycles. The number of carbonyl (C=O) groups is 1. The Bertz CT molecular complexity index is 578. The minimum absolute atomic E-state index is 0.121. The Morgan fingerprint density at radius 1 is 1.08 bits per heavy atom. The van der Waals surface area contributed by atoms with Crippen molar-refractivity contribution in [3.05, 3.63) is 29.8 Å². The van der Waals surface area contributed by atoms with Crippen LogP contribution in [0.15, 0.2) is 24.3 Å². The van der Waals surface area contributed by atoms with Gasteiger partial charge in [0.05, 0.1) is 6.10 Å². The maximum Gasteiger partial charge on any atom is 0.232 e. The normalized spacial score (nSPS) is 20.2. The van der Waals surface area contributed by atoms with Gasteiger partial charge in [0.2, 0.25) is 5.91 Å². The van der Waals surface area contributed by atoms with Crippen molar-refractivity contribution >= 4 is 16.7 Å². The lowest BCUT2D eigenvalue weighted by molar-refractivity contribution is -0.118. The van der Waals surface area contributed by atoms with Gasteiger partial charge >= 0.3 is 0 Å². The molecule has 0 aliphatic heterocycles. The van der Waals surface area contributed by atoms with Crippen molar-refractivity contribution in [2.24, 2.45) is 0 Å². The summed E-state index contributed by atoms with van der Waals surface area (Å²) in [4.78, 5) is 12.1. The molecule has 0 heterocycles. The Balaban J connectivity index is 1.50. The van der Waals surface area contributed by atoms with Crippen LogP contribution >= 0.6 is 0 Å². The second kappa shape index (κ2) is 8.65. The van der Waals surface area contributed by atoms with E-state index >= 15 is 0 Å². The van der Waals surface area contributed by atoms with E-state index in [-0.39, 0.29) is 16.9 Å². The third-order valence-electron chi connectivity index (χ3n) is 4.99. The molecule has 1 amide bonds. The van der Waals surface area contributed by atoms with E-state index in [2.05, 4.69) is 5.32 Å². The summed E-state index contributed by atoms with van der Waals surface area (Å²) in [6.07, 6.45) is 9.27. The summed E-state index contributed by atoms with van der Waals surface area (Å²) in [6, 6.07) is 7.87. The molecule has 0 spiro atoms. The highest BCUT2D eigenvalue weighted by Crippen LogP contribution is 2.26. The lowest BCUT2D eigenvalue weighted by Gasteiger charge is -2.17. The van der Waals surface area contributed by atoms with Gasteiger partial charge in [-0.25, -0.2) is 0 Å². The zero-order chi connectivity index (χ0) is 16.8. The van der Waals surface area contributed by atoms with Crippen molar-refractivity contribution < 1.29 is 13.7 Å². The van der Waals surface area contributed by atoms with Crippen molar-refractivity contribution in [2.45, 2.75) is 69.3 Å². The first-order valence-corrected chi connectivity index (χ1v) is 10.5. The van der Waals surface area contributed by atoms with Crippen LogP contribution in [0.1, 0.15) is 56.9 Å². The van der Waals surface area contributed by atoms with Gasteiger partial charge in [-0.3, -0.25) is 9.00 Å². The smallest absolute Gasteiger partial charge is 0.232 e. The maximum atomic E-state index is 12.2. The second-order valence-electron chi connectivity index (χ2n) is 6.84. The third kappa shape index (κ3) is 4.82. The van der Waals surface area contributed by atoms with Gasteiger partial charge in [-0.1, -0.05) is 31.0 Å². The summed E-state index contributed by atoms with van der Waals surface area (Å²) in [5, 5.41) is 3.12. The van der Waals surface area contributed by atoms with Gasteiger partial charge < -0.3 is 10.1 Å². The van der Waals surface area contributed by atoms with Gasteiger partial charge in [0.15, 0.2) is 0 Å². The first-order valence-electron chi connectivity index (χ1n) is 9.11. The highest BCUT2D eigenvalue weighted by Gasteiger charge is 2.23. The lowest BCUT2D eigenvalue weighted by atomic mass is 10.2. The molecule has 0 unspecified atom stereocenters. The van der Waals surface area contributed by atoms with Crippen LogP contribution < -0.4 is 10.1 Å². The second-order valence-corrected chi connectivity index (χ2v) is 8.56. The number of hydrogen-bond donors (Lipinski definition) is 1. The number of carbonyl (C=O) groups excluding carboxylic acids is 1. The maximum absolute atomic E-state index is 12.2. The molecule has 4 nitrogen and oxygen atoms in total. The number of amides is 1. The van der Waals surface area contributed by atoms with E-state index in [9.17, 15) is 9.00 Å². The van der Waals surface area contributed by atoms with Gasteiger partial charge in [0, 0.05) is 28.2 Å². The average Bonchev–Trinajstić information content (AvgIpc) is 3.27. The first-order chi connectivity index (χ1) is 11.7. The first kappa shape index (κ1) is 17.5. The molecular weight excluding hydrogens is 322 g/mol. The quantitative estimate of drug-likeness (QED) is 0.821. The Kier molecular flexibility index (Phi) is 6.30. The molecule has 1 atom stereocenters.